The highest BCUT2D eigenvalue weighted by Crippen LogP contribution is 2.14. The van der Waals surface area contributed by atoms with Crippen LogP contribution in [0.5, 0.6) is 0 Å². The Labute approximate surface area is 110 Å². The van der Waals surface area contributed by atoms with Gasteiger partial charge < -0.3 is 15.2 Å². The first-order valence-electron chi connectivity index (χ1n) is 6.57. The molecule has 0 aliphatic carbocycles. The van der Waals surface area contributed by atoms with Gasteiger partial charge >= 0.3 is 0 Å². The molecule has 0 spiro atoms. The van der Waals surface area contributed by atoms with E-state index in [0.29, 0.717) is 5.92 Å². The highest BCUT2D eigenvalue weighted by molar-refractivity contribution is 5.32. The molecule has 1 atom stereocenters. The van der Waals surface area contributed by atoms with Gasteiger partial charge in [-0.25, -0.2) is 4.98 Å². The summed E-state index contributed by atoms with van der Waals surface area (Å²) in [6.45, 7) is 11.8. The fourth-order valence-electron chi connectivity index (χ4n) is 1.89. The lowest BCUT2D eigenvalue weighted by molar-refractivity contribution is 0.464. The molecule has 0 aliphatic heterocycles. The molecule has 0 fully saturated rings. The van der Waals surface area contributed by atoms with E-state index in [9.17, 15) is 0 Å². The third kappa shape index (κ3) is 3.88. The Morgan fingerprint density at radius 2 is 2.22 bits per heavy atom. The van der Waals surface area contributed by atoms with Crippen molar-refractivity contribution in [2.75, 3.05) is 18.5 Å². The first-order valence-corrected chi connectivity index (χ1v) is 6.57. The van der Waals surface area contributed by atoms with Gasteiger partial charge in [-0.15, -0.1) is 6.58 Å². The smallest absolute Gasteiger partial charge is 0.205 e. The quantitative estimate of drug-likeness (QED) is 0.755. The lowest BCUT2D eigenvalue weighted by Gasteiger charge is -2.22. The topological polar surface area (TPSA) is 47.1 Å². The van der Waals surface area contributed by atoms with Crippen molar-refractivity contribution in [2.45, 2.75) is 39.8 Å². The van der Waals surface area contributed by atoms with E-state index in [2.05, 4.69) is 48.1 Å². The molecule has 0 saturated heterocycles. The summed E-state index contributed by atoms with van der Waals surface area (Å²) in [6.07, 6.45) is 4.92. The third-order valence-corrected chi connectivity index (χ3v) is 3.20. The Kier molecular flexibility index (Phi) is 5.41. The largest absolute Gasteiger partial charge is 0.345 e. The van der Waals surface area contributed by atoms with Crippen molar-refractivity contribution in [1.29, 1.82) is 0 Å². The van der Waals surface area contributed by atoms with Gasteiger partial charge in [-0.2, -0.15) is 0 Å². The van der Waals surface area contributed by atoms with Gasteiger partial charge in [0.15, 0.2) is 0 Å². The summed E-state index contributed by atoms with van der Waals surface area (Å²) in [5, 5.41) is 0. The minimum Gasteiger partial charge on any atom is -0.345 e. The zero-order valence-corrected chi connectivity index (χ0v) is 12.1. The highest BCUT2D eigenvalue weighted by Gasteiger charge is 2.13. The molecule has 18 heavy (non-hydrogen) atoms. The predicted octanol–water partition coefficient (Wildman–Crippen LogP) is 2.19. The van der Waals surface area contributed by atoms with Crippen LogP contribution in [0.25, 0.3) is 0 Å². The summed E-state index contributed by atoms with van der Waals surface area (Å²) in [6, 6.07) is 0.247. The molecule has 4 heteroatoms. The zero-order chi connectivity index (χ0) is 13.7. The number of anilines is 1. The van der Waals surface area contributed by atoms with Crippen molar-refractivity contribution in [1.82, 2.24) is 9.55 Å². The maximum atomic E-state index is 6.07. The lowest BCUT2D eigenvalue weighted by Crippen LogP contribution is -2.32. The monoisotopic (exact) mass is 250 g/mol. The van der Waals surface area contributed by atoms with Crippen LogP contribution < -0.4 is 10.6 Å². The van der Waals surface area contributed by atoms with Gasteiger partial charge in [0.05, 0.1) is 5.69 Å². The molecular formula is C14H26N4. The number of nitrogens with two attached hydrogens (primary N) is 1. The SMILES string of the molecule is C=CCn1cc(C)nc1N(C)CCC(N)C(C)C. The fourth-order valence-corrected chi connectivity index (χ4v) is 1.89. The van der Waals surface area contributed by atoms with E-state index >= 15 is 0 Å². The van der Waals surface area contributed by atoms with E-state index in [-0.39, 0.29) is 6.04 Å². The molecule has 102 valence electrons. The van der Waals surface area contributed by atoms with Gasteiger partial charge in [-0.1, -0.05) is 19.9 Å². The average molecular weight is 250 g/mol. The van der Waals surface area contributed by atoms with Gasteiger partial charge in [0.2, 0.25) is 5.95 Å². The van der Waals surface area contributed by atoms with E-state index in [1.807, 2.05) is 13.0 Å². The molecule has 1 aromatic rings. The van der Waals surface area contributed by atoms with Crippen molar-refractivity contribution < 1.29 is 0 Å². The van der Waals surface area contributed by atoms with E-state index in [0.717, 1.165) is 31.2 Å². The average Bonchev–Trinajstić information content (AvgIpc) is 2.67. The van der Waals surface area contributed by atoms with Crippen LogP contribution in [0.4, 0.5) is 5.95 Å². The summed E-state index contributed by atoms with van der Waals surface area (Å²) in [5.41, 5.74) is 7.11. The van der Waals surface area contributed by atoms with E-state index < -0.39 is 0 Å². The first-order chi connectivity index (χ1) is 8.45. The summed E-state index contributed by atoms with van der Waals surface area (Å²) >= 11 is 0. The Balaban J connectivity index is 2.65. The van der Waals surface area contributed by atoms with Crippen LogP contribution in [0, 0.1) is 12.8 Å². The summed E-state index contributed by atoms with van der Waals surface area (Å²) in [5.74, 6) is 1.51. The van der Waals surface area contributed by atoms with Crippen molar-refractivity contribution in [3.63, 3.8) is 0 Å². The maximum Gasteiger partial charge on any atom is 0.205 e. The molecule has 0 aromatic carbocycles. The van der Waals surface area contributed by atoms with Crippen LogP contribution in [0.3, 0.4) is 0 Å². The molecule has 0 bridgehead atoms. The zero-order valence-electron chi connectivity index (χ0n) is 12.1. The van der Waals surface area contributed by atoms with Crippen LogP contribution in [-0.4, -0.2) is 29.2 Å². The van der Waals surface area contributed by atoms with Crippen LogP contribution >= 0.6 is 0 Å². The predicted molar refractivity (Wildman–Crippen MR) is 77.9 cm³/mol. The molecule has 2 N–H and O–H groups in total. The molecule has 1 unspecified atom stereocenters. The molecule has 0 saturated carbocycles. The van der Waals surface area contributed by atoms with Crippen molar-refractivity contribution in [3.8, 4) is 0 Å². The summed E-state index contributed by atoms with van der Waals surface area (Å²) in [4.78, 5) is 6.72. The van der Waals surface area contributed by atoms with E-state index in [1.165, 1.54) is 0 Å². The molecule has 0 amide bonds. The number of nitrogens with zero attached hydrogens (tertiary/aromatic N) is 3. The summed E-state index contributed by atoms with van der Waals surface area (Å²) < 4.78 is 2.11. The highest BCUT2D eigenvalue weighted by atomic mass is 15.3. The Hall–Kier alpha value is -1.29. The molecule has 0 radical (unpaired) electrons. The Morgan fingerprint density at radius 3 is 2.78 bits per heavy atom. The Bertz CT molecular complexity index is 381. The van der Waals surface area contributed by atoms with Gasteiger partial charge in [-0.05, 0) is 19.3 Å². The number of imidazole rings is 1. The van der Waals surface area contributed by atoms with Gasteiger partial charge in [0, 0.05) is 32.4 Å². The number of aryl methyl sites for hydroxylation is 1. The number of hydrogen-bond donors (Lipinski definition) is 1. The maximum absolute atomic E-state index is 6.07. The number of hydrogen-bond acceptors (Lipinski definition) is 3. The first kappa shape index (κ1) is 14.8. The standard InChI is InChI=1S/C14H26N4/c1-6-8-18-10-12(4)16-14(18)17(5)9-7-13(15)11(2)3/h6,10-11,13H,1,7-9,15H2,2-5H3. The van der Waals surface area contributed by atoms with Crippen LogP contribution in [0.1, 0.15) is 26.0 Å². The molecular weight excluding hydrogens is 224 g/mol. The lowest BCUT2D eigenvalue weighted by atomic mass is 10.0. The Morgan fingerprint density at radius 1 is 1.56 bits per heavy atom. The second-order valence-corrected chi connectivity index (χ2v) is 5.24. The normalized spacial score (nSPS) is 12.8. The van der Waals surface area contributed by atoms with Crippen molar-refractivity contribution in [3.05, 3.63) is 24.5 Å². The minimum atomic E-state index is 0.247. The van der Waals surface area contributed by atoms with Gasteiger partial charge in [0.1, 0.15) is 0 Å². The molecule has 1 aromatic heterocycles. The van der Waals surface area contributed by atoms with E-state index in [4.69, 9.17) is 5.73 Å². The fraction of sp³-hybridized carbons (Fsp3) is 0.643. The number of rotatable bonds is 7. The molecule has 1 rings (SSSR count). The number of aromatic nitrogens is 2. The van der Waals surface area contributed by atoms with Crippen LogP contribution in [0.2, 0.25) is 0 Å². The van der Waals surface area contributed by atoms with Crippen molar-refractivity contribution >= 4 is 5.95 Å². The van der Waals surface area contributed by atoms with Crippen LogP contribution in [0.15, 0.2) is 18.9 Å². The van der Waals surface area contributed by atoms with Gasteiger partial charge in [0.25, 0.3) is 0 Å². The minimum absolute atomic E-state index is 0.247. The summed E-state index contributed by atoms with van der Waals surface area (Å²) in [7, 11) is 2.06. The van der Waals surface area contributed by atoms with Crippen LogP contribution in [-0.2, 0) is 6.54 Å². The molecule has 0 aliphatic rings. The number of allylic oxidation sites excluding steroid dienone is 1. The van der Waals surface area contributed by atoms with Crippen molar-refractivity contribution in [2.24, 2.45) is 11.7 Å². The van der Waals surface area contributed by atoms with Gasteiger partial charge in [-0.3, -0.25) is 0 Å². The molecule has 4 nitrogen and oxygen atoms in total. The van der Waals surface area contributed by atoms with E-state index in [1.54, 1.807) is 0 Å². The second-order valence-electron chi connectivity index (χ2n) is 5.24. The second kappa shape index (κ2) is 6.59. The molecule has 1 heterocycles. The third-order valence-electron chi connectivity index (χ3n) is 3.20.